The minimum Gasteiger partial charge on any atom is -0.374 e. The van der Waals surface area contributed by atoms with E-state index in [1.54, 1.807) is 0 Å². The van der Waals surface area contributed by atoms with Crippen molar-refractivity contribution in [3.05, 3.63) is 65.2 Å². The molecular formula is C19H19ClN2O4S3. The van der Waals surface area contributed by atoms with E-state index in [1.165, 1.54) is 29.8 Å². The number of nitrogens with one attached hydrogen (secondary N) is 1. The predicted octanol–water partition coefficient (Wildman–Crippen LogP) is 4.08. The molecule has 2 aromatic carbocycles. The molecule has 0 aliphatic rings. The fraction of sp³-hybridized carbons (Fsp3) is 0.211. The number of hydrogen-bond donors (Lipinski definition) is 1. The second-order valence-electron chi connectivity index (χ2n) is 6.36. The van der Waals surface area contributed by atoms with E-state index in [4.69, 9.17) is 11.6 Å². The molecule has 1 aromatic heterocycles. The van der Waals surface area contributed by atoms with Crippen LogP contribution >= 0.6 is 22.9 Å². The molecule has 6 nitrogen and oxygen atoms in total. The average Bonchev–Trinajstić information content (AvgIpc) is 3.12. The van der Waals surface area contributed by atoms with Crippen molar-refractivity contribution in [3.8, 4) is 0 Å². The highest BCUT2D eigenvalue weighted by Gasteiger charge is 2.29. The maximum Gasteiger partial charge on any atom is 0.226 e. The molecule has 0 amide bonds. The smallest absolute Gasteiger partial charge is 0.226 e. The number of aryl methyl sites for hydroxylation is 1. The van der Waals surface area contributed by atoms with Crippen molar-refractivity contribution in [1.29, 1.82) is 0 Å². The van der Waals surface area contributed by atoms with Crippen LogP contribution in [0.4, 0.5) is 5.00 Å². The lowest BCUT2D eigenvalue weighted by Crippen LogP contribution is -2.09. The third-order valence-electron chi connectivity index (χ3n) is 4.04. The van der Waals surface area contributed by atoms with Crippen LogP contribution in [0.5, 0.6) is 0 Å². The van der Waals surface area contributed by atoms with E-state index in [0.29, 0.717) is 11.6 Å². The van der Waals surface area contributed by atoms with Crippen molar-refractivity contribution in [2.45, 2.75) is 27.1 Å². The molecule has 10 heteroatoms. The number of benzene rings is 2. The first kappa shape index (κ1) is 21.8. The van der Waals surface area contributed by atoms with E-state index in [9.17, 15) is 16.8 Å². The molecule has 29 heavy (non-hydrogen) atoms. The Hall–Kier alpha value is -1.94. The fourth-order valence-corrected chi connectivity index (χ4v) is 6.28. The average molecular weight is 471 g/mol. The lowest BCUT2D eigenvalue weighted by atomic mass is 10.1. The molecule has 0 aliphatic carbocycles. The molecule has 0 saturated carbocycles. The maximum absolute atomic E-state index is 13.0. The molecular weight excluding hydrogens is 452 g/mol. The Balaban J connectivity index is 1.86. The van der Waals surface area contributed by atoms with E-state index in [2.05, 4.69) is 10.3 Å². The molecule has 0 saturated heterocycles. The molecule has 1 heterocycles. The van der Waals surface area contributed by atoms with Crippen LogP contribution in [0.25, 0.3) is 0 Å². The molecule has 1 N–H and O–H groups in total. The fourth-order valence-electron chi connectivity index (χ4n) is 2.60. The number of hydrogen-bond acceptors (Lipinski definition) is 7. The zero-order valence-corrected chi connectivity index (χ0v) is 18.7. The third-order valence-corrected chi connectivity index (χ3v) is 8.81. The van der Waals surface area contributed by atoms with Crippen LogP contribution in [0.1, 0.15) is 12.0 Å². The first-order chi connectivity index (χ1) is 13.7. The van der Waals surface area contributed by atoms with Gasteiger partial charge in [0, 0.05) is 17.8 Å². The zero-order chi connectivity index (χ0) is 21.1. The third kappa shape index (κ3) is 5.36. The minimum absolute atomic E-state index is 0.000383. The van der Waals surface area contributed by atoms with Gasteiger partial charge in [-0.1, -0.05) is 53.3 Å². The minimum atomic E-state index is -4.00. The Kier molecular flexibility index (Phi) is 6.62. The van der Waals surface area contributed by atoms with Crippen molar-refractivity contribution in [3.63, 3.8) is 0 Å². The summed E-state index contributed by atoms with van der Waals surface area (Å²) < 4.78 is 49.7. The summed E-state index contributed by atoms with van der Waals surface area (Å²) in [5, 5.41) is 3.38. The van der Waals surface area contributed by atoms with Gasteiger partial charge in [-0.2, -0.15) is 0 Å². The Bertz CT molecular complexity index is 1190. The van der Waals surface area contributed by atoms with Gasteiger partial charge in [0.15, 0.2) is 5.03 Å². The molecule has 0 unspecified atom stereocenters. The highest BCUT2D eigenvalue weighted by Crippen LogP contribution is 2.34. The van der Waals surface area contributed by atoms with Crippen LogP contribution in [0.3, 0.4) is 0 Å². The summed E-state index contributed by atoms with van der Waals surface area (Å²) >= 11 is 6.66. The summed E-state index contributed by atoms with van der Waals surface area (Å²) in [4.78, 5) is 3.94. The Morgan fingerprint density at radius 2 is 1.66 bits per heavy atom. The van der Waals surface area contributed by atoms with Crippen LogP contribution in [0, 0.1) is 0 Å². The van der Waals surface area contributed by atoms with Gasteiger partial charge < -0.3 is 5.32 Å². The standard InChI is InChI=1S/C19H19ClN2O4S3/c1-28(23,24)19-22-18(29(25,26)16-11-9-15(20)10-12-16)17(27-19)21-13-5-8-14-6-3-2-4-7-14/h2-4,6-7,9-12,21H,5,8,13H2,1H3. The predicted molar refractivity (Wildman–Crippen MR) is 115 cm³/mol. The zero-order valence-electron chi connectivity index (χ0n) is 15.5. The SMILES string of the molecule is CS(=O)(=O)c1nc(S(=O)(=O)c2ccc(Cl)cc2)c(NCCCc2ccccc2)s1. The van der Waals surface area contributed by atoms with Crippen molar-refractivity contribution in [2.75, 3.05) is 18.1 Å². The van der Waals surface area contributed by atoms with Gasteiger partial charge in [-0.25, -0.2) is 21.8 Å². The van der Waals surface area contributed by atoms with E-state index in [1.807, 2.05) is 30.3 Å². The van der Waals surface area contributed by atoms with Crippen LogP contribution in [0.15, 0.2) is 68.9 Å². The van der Waals surface area contributed by atoms with Crippen molar-refractivity contribution < 1.29 is 16.8 Å². The van der Waals surface area contributed by atoms with Crippen LogP contribution in [0.2, 0.25) is 5.02 Å². The maximum atomic E-state index is 13.0. The summed E-state index contributed by atoms with van der Waals surface area (Å²) in [6, 6.07) is 15.6. The number of sulfone groups is 2. The van der Waals surface area contributed by atoms with E-state index >= 15 is 0 Å². The summed E-state index contributed by atoms with van der Waals surface area (Å²) in [7, 11) is -7.65. The van der Waals surface area contributed by atoms with E-state index in [0.717, 1.165) is 30.4 Å². The number of rotatable bonds is 8. The van der Waals surface area contributed by atoms with E-state index < -0.39 is 19.7 Å². The van der Waals surface area contributed by atoms with Crippen molar-refractivity contribution in [1.82, 2.24) is 4.98 Å². The van der Waals surface area contributed by atoms with Gasteiger partial charge in [-0.15, -0.1) is 0 Å². The molecule has 0 fully saturated rings. The topological polar surface area (TPSA) is 93.2 Å². The van der Waals surface area contributed by atoms with E-state index in [-0.39, 0.29) is 19.3 Å². The van der Waals surface area contributed by atoms with Crippen LogP contribution in [-0.2, 0) is 26.1 Å². The highest BCUT2D eigenvalue weighted by molar-refractivity contribution is 7.93. The van der Waals surface area contributed by atoms with Crippen LogP contribution < -0.4 is 5.32 Å². The quantitative estimate of drug-likeness (QED) is 0.498. The summed E-state index contributed by atoms with van der Waals surface area (Å²) in [5.74, 6) is 0. The van der Waals surface area contributed by atoms with Gasteiger partial charge in [-0.05, 0) is 42.7 Å². The molecule has 154 valence electrons. The van der Waals surface area contributed by atoms with Gasteiger partial charge in [0.05, 0.1) is 4.90 Å². The van der Waals surface area contributed by atoms with Crippen molar-refractivity contribution in [2.24, 2.45) is 0 Å². The largest absolute Gasteiger partial charge is 0.374 e. The highest BCUT2D eigenvalue weighted by atomic mass is 35.5. The number of nitrogens with zero attached hydrogens (tertiary/aromatic N) is 1. The molecule has 3 rings (SSSR count). The summed E-state index contributed by atoms with van der Waals surface area (Å²) in [5.41, 5.74) is 1.17. The molecule has 0 radical (unpaired) electrons. The molecule has 0 atom stereocenters. The van der Waals surface area contributed by atoms with Gasteiger partial charge in [-0.3, -0.25) is 0 Å². The monoisotopic (exact) mass is 470 g/mol. The second-order valence-corrected chi connectivity index (χ2v) is 11.8. The van der Waals surface area contributed by atoms with Gasteiger partial charge >= 0.3 is 0 Å². The number of halogens is 1. The lowest BCUT2D eigenvalue weighted by molar-refractivity contribution is 0.591. The second kappa shape index (κ2) is 8.83. The van der Waals surface area contributed by atoms with Crippen LogP contribution in [-0.4, -0.2) is 34.6 Å². The number of aromatic nitrogens is 1. The summed E-state index contributed by atoms with van der Waals surface area (Å²) in [6.07, 6.45) is 2.56. The number of anilines is 1. The lowest BCUT2D eigenvalue weighted by Gasteiger charge is -2.07. The molecule has 3 aromatic rings. The Labute approximate surface area is 179 Å². The Morgan fingerprint density at radius 1 is 1.00 bits per heavy atom. The number of thiazole rings is 1. The van der Waals surface area contributed by atoms with Gasteiger partial charge in [0.2, 0.25) is 24.0 Å². The first-order valence-electron chi connectivity index (χ1n) is 8.67. The van der Waals surface area contributed by atoms with Gasteiger partial charge in [0.1, 0.15) is 5.00 Å². The molecule has 0 aliphatic heterocycles. The van der Waals surface area contributed by atoms with Crippen molar-refractivity contribution >= 4 is 47.6 Å². The summed E-state index contributed by atoms with van der Waals surface area (Å²) in [6.45, 7) is 0.476. The first-order valence-corrected chi connectivity index (χ1v) is 13.2. The molecule has 0 spiro atoms. The Morgan fingerprint density at radius 3 is 2.28 bits per heavy atom. The van der Waals surface area contributed by atoms with Gasteiger partial charge in [0.25, 0.3) is 0 Å². The molecule has 0 bridgehead atoms. The normalized spacial score (nSPS) is 12.1.